The fourth-order valence-corrected chi connectivity index (χ4v) is 3.69. The van der Waals surface area contributed by atoms with E-state index >= 15 is 0 Å². The molecule has 0 aromatic heterocycles. The number of hydrogen-bond donors (Lipinski definition) is 1. The van der Waals surface area contributed by atoms with Crippen molar-refractivity contribution in [3.63, 3.8) is 0 Å². The van der Waals surface area contributed by atoms with Crippen molar-refractivity contribution in [2.45, 2.75) is 58.5 Å². The number of likely N-dealkylation sites (N-methyl/N-ethyl adjacent to an activating group) is 1. The van der Waals surface area contributed by atoms with Crippen molar-refractivity contribution in [2.75, 3.05) is 45.2 Å². The van der Waals surface area contributed by atoms with Gasteiger partial charge in [-0.2, -0.15) is 0 Å². The number of halogens is 2. The summed E-state index contributed by atoms with van der Waals surface area (Å²) in [6, 6.07) is 9.44. The monoisotopic (exact) mass is 433 g/mol. The van der Waals surface area contributed by atoms with E-state index in [-0.39, 0.29) is 14.9 Å². The predicted molar refractivity (Wildman–Crippen MR) is 126 cm³/mol. The number of ether oxygens (including phenoxy) is 1. The normalized spacial score (nSPS) is 23.1. The highest BCUT2D eigenvalue weighted by molar-refractivity contribution is 6.50. The Kier molecular flexibility index (Phi) is 11.8. The minimum atomic E-state index is -0.415. The molecule has 3 rings (SSSR count). The van der Waals surface area contributed by atoms with Crippen LogP contribution in [0.3, 0.4) is 0 Å². The smallest absolute Gasteiger partial charge is 0.122 e. The summed E-state index contributed by atoms with van der Waals surface area (Å²) >= 11 is 11.6. The maximum absolute atomic E-state index is 5.82. The number of nitrogens with one attached hydrogen (secondary N) is 1. The van der Waals surface area contributed by atoms with E-state index < -0.39 is 4.33 Å². The maximum Gasteiger partial charge on any atom is 0.122 e. The molecule has 1 saturated heterocycles. The van der Waals surface area contributed by atoms with Crippen molar-refractivity contribution in [2.24, 2.45) is 5.92 Å². The fourth-order valence-electron chi connectivity index (χ4n) is 3.17. The van der Waals surface area contributed by atoms with Gasteiger partial charge in [0, 0.05) is 49.9 Å². The van der Waals surface area contributed by atoms with Crippen LogP contribution in [0.5, 0.6) is 5.75 Å². The first-order valence-electron chi connectivity index (χ1n) is 9.43. The van der Waals surface area contributed by atoms with Crippen LogP contribution in [0, 0.1) is 5.92 Å². The van der Waals surface area contributed by atoms with Crippen molar-refractivity contribution in [1.29, 1.82) is 0 Å². The first kappa shape index (κ1) is 27.3. The minimum absolute atomic E-state index is 0. The second-order valence-electron chi connectivity index (χ2n) is 7.73. The van der Waals surface area contributed by atoms with Gasteiger partial charge in [0.05, 0.1) is 7.11 Å². The Labute approximate surface area is 183 Å². The summed E-state index contributed by atoms with van der Waals surface area (Å²) in [6.45, 7) is 10.8. The van der Waals surface area contributed by atoms with E-state index in [1.54, 1.807) is 7.11 Å². The summed E-state index contributed by atoms with van der Waals surface area (Å²) in [5, 5.41) is 3.29. The number of nitrogens with zero attached hydrogens (tertiary/aromatic N) is 2. The summed E-state index contributed by atoms with van der Waals surface area (Å²) in [5.74, 6) is 1.39. The second-order valence-corrected chi connectivity index (χ2v) is 9.27. The molecular formula is C22H41Cl2N3O. The van der Waals surface area contributed by atoms with E-state index in [2.05, 4.69) is 55.1 Å². The van der Waals surface area contributed by atoms with Gasteiger partial charge in [0.15, 0.2) is 0 Å². The third-order valence-corrected chi connectivity index (χ3v) is 5.89. The average Bonchev–Trinajstić information content (AvgIpc) is 3.21. The fraction of sp³-hybridized carbons (Fsp3) is 0.727. The molecule has 28 heavy (non-hydrogen) atoms. The minimum Gasteiger partial charge on any atom is -0.497 e. The Bertz CT molecular complexity index is 551. The third kappa shape index (κ3) is 8.36. The van der Waals surface area contributed by atoms with E-state index in [9.17, 15) is 0 Å². The maximum atomic E-state index is 5.82. The highest BCUT2D eigenvalue weighted by Gasteiger charge is 2.50. The summed E-state index contributed by atoms with van der Waals surface area (Å²) in [5.41, 5.74) is 1.29. The van der Waals surface area contributed by atoms with E-state index in [1.807, 2.05) is 12.1 Å². The van der Waals surface area contributed by atoms with Gasteiger partial charge >= 0.3 is 0 Å². The van der Waals surface area contributed by atoms with Gasteiger partial charge in [0.1, 0.15) is 10.1 Å². The lowest BCUT2D eigenvalue weighted by Gasteiger charge is -2.39. The van der Waals surface area contributed by atoms with Crippen molar-refractivity contribution in [3.8, 4) is 5.75 Å². The Hall–Kier alpha value is -0.680. The molecule has 2 aliphatic rings. The van der Waals surface area contributed by atoms with Gasteiger partial charge in [-0.05, 0) is 44.7 Å². The van der Waals surface area contributed by atoms with Crippen LogP contribution < -0.4 is 15.0 Å². The molecule has 0 spiro atoms. The molecule has 0 amide bonds. The first-order chi connectivity index (χ1) is 12.2. The van der Waals surface area contributed by atoms with E-state index in [4.69, 9.17) is 27.9 Å². The zero-order valence-electron chi connectivity index (χ0n) is 16.6. The average molecular weight is 434 g/mol. The van der Waals surface area contributed by atoms with Gasteiger partial charge in [-0.15, -0.1) is 23.2 Å². The Morgan fingerprint density at radius 2 is 1.75 bits per heavy atom. The number of hydrogen-bond acceptors (Lipinski definition) is 4. The molecule has 0 radical (unpaired) electrons. The predicted octanol–water partition coefficient (Wildman–Crippen LogP) is 5.29. The highest BCUT2D eigenvalue weighted by Crippen LogP contribution is 2.52. The van der Waals surface area contributed by atoms with Gasteiger partial charge < -0.3 is 19.9 Å². The molecule has 1 aromatic carbocycles. The largest absolute Gasteiger partial charge is 0.497 e. The third-order valence-electron chi connectivity index (χ3n) is 4.96. The van der Waals surface area contributed by atoms with Crippen molar-refractivity contribution < 1.29 is 4.74 Å². The van der Waals surface area contributed by atoms with Crippen LogP contribution in [0.1, 0.15) is 42.0 Å². The lowest BCUT2D eigenvalue weighted by molar-refractivity contribution is 0.275. The van der Waals surface area contributed by atoms with Crippen LogP contribution in [-0.2, 0) is 0 Å². The number of anilines is 1. The Balaban J connectivity index is 0.000000532. The second kappa shape index (κ2) is 12.1. The zero-order chi connectivity index (χ0) is 19.3. The molecule has 1 aliphatic carbocycles. The van der Waals surface area contributed by atoms with Gasteiger partial charge in [0.25, 0.3) is 0 Å². The molecule has 2 fully saturated rings. The molecule has 1 aromatic rings. The molecule has 0 bridgehead atoms. The van der Waals surface area contributed by atoms with Gasteiger partial charge in [-0.25, -0.2) is 0 Å². The summed E-state index contributed by atoms with van der Waals surface area (Å²) in [4.78, 5) is 4.84. The molecule has 1 saturated carbocycles. The standard InChI is InChI=1S/C13H20N2O.C7H13Cl2N.2CH4/c1-11-10-14(2)8-9-15(11)12-4-6-13(16-3)7-5-12;1-5(2)10-4-6-3-7(6,8)9;;/h4-7,11H,8-10H2,1-3H3;5-6,10H,3-4H2,1-2H3;2*1H4. The first-order valence-corrected chi connectivity index (χ1v) is 10.2. The van der Waals surface area contributed by atoms with Gasteiger partial charge in [-0.1, -0.05) is 28.7 Å². The van der Waals surface area contributed by atoms with Gasteiger partial charge in [0.2, 0.25) is 0 Å². The molecule has 6 heteroatoms. The molecule has 2 atom stereocenters. The Morgan fingerprint density at radius 3 is 2.18 bits per heavy atom. The number of alkyl halides is 2. The summed E-state index contributed by atoms with van der Waals surface area (Å²) < 4.78 is 4.76. The number of piperazine rings is 1. The van der Waals surface area contributed by atoms with E-state index in [0.29, 0.717) is 18.0 Å². The topological polar surface area (TPSA) is 27.7 Å². The van der Waals surface area contributed by atoms with Crippen LogP contribution in [0.15, 0.2) is 24.3 Å². The number of methoxy groups -OCH3 is 1. The van der Waals surface area contributed by atoms with Crippen LogP contribution in [-0.4, -0.2) is 61.7 Å². The van der Waals surface area contributed by atoms with Crippen LogP contribution in [0.2, 0.25) is 0 Å². The van der Waals surface area contributed by atoms with Crippen molar-refractivity contribution >= 4 is 28.9 Å². The molecular weight excluding hydrogens is 393 g/mol. The summed E-state index contributed by atoms with van der Waals surface area (Å²) in [6.07, 6.45) is 0.940. The van der Waals surface area contributed by atoms with E-state index in [0.717, 1.165) is 38.3 Å². The molecule has 1 heterocycles. The van der Waals surface area contributed by atoms with E-state index in [1.165, 1.54) is 5.69 Å². The molecule has 164 valence electrons. The van der Waals surface area contributed by atoms with Crippen LogP contribution >= 0.6 is 23.2 Å². The number of benzene rings is 1. The lowest BCUT2D eigenvalue weighted by atomic mass is 10.1. The quantitative estimate of drug-likeness (QED) is 0.638. The Morgan fingerprint density at radius 1 is 1.18 bits per heavy atom. The number of rotatable bonds is 5. The molecule has 1 aliphatic heterocycles. The van der Waals surface area contributed by atoms with Crippen molar-refractivity contribution in [3.05, 3.63) is 24.3 Å². The molecule has 4 nitrogen and oxygen atoms in total. The lowest BCUT2D eigenvalue weighted by Crippen LogP contribution is -2.50. The van der Waals surface area contributed by atoms with Crippen LogP contribution in [0.25, 0.3) is 0 Å². The zero-order valence-corrected chi connectivity index (χ0v) is 18.1. The SMILES string of the molecule is C.C.CC(C)NCC1CC1(Cl)Cl.COc1ccc(N2CCN(C)CC2C)cc1. The molecule has 1 N–H and O–H groups in total. The highest BCUT2D eigenvalue weighted by atomic mass is 35.5. The summed E-state index contributed by atoms with van der Waals surface area (Å²) in [7, 11) is 3.88. The van der Waals surface area contributed by atoms with Gasteiger partial charge in [-0.3, -0.25) is 0 Å². The van der Waals surface area contributed by atoms with Crippen LogP contribution in [0.4, 0.5) is 5.69 Å². The molecule has 2 unspecified atom stereocenters. The van der Waals surface area contributed by atoms with Crippen molar-refractivity contribution in [1.82, 2.24) is 10.2 Å².